The Kier molecular flexibility index (Phi) is 10.7. The van der Waals surface area contributed by atoms with Gasteiger partial charge in [0.15, 0.2) is 18.4 Å². The van der Waals surface area contributed by atoms with Crippen molar-refractivity contribution in [1.29, 1.82) is 0 Å². The molecule has 16 nitrogen and oxygen atoms in total. The molecule has 326 valence electrons. The second-order valence-corrected chi connectivity index (χ2v) is 20.6. The average Bonchev–Trinajstić information content (AvgIpc) is 3.13. The Balaban J connectivity index is 1.17. The van der Waals surface area contributed by atoms with Crippen molar-refractivity contribution in [3.05, 3.63) is 11.6 Å². The number of carbonyl (C=O) groups is 4. The molecule has 2 aliphatic heterocycles. The van der Waals surface area contributed by atoms with E-state index in [2.05, 4.69) is 27.7 Å². The van der Waals surface area contributed by atoms with Crippen LogP contribution in [0.3, 0.4) is 0 Å². The molecule has 6 fully saturated rings. The van der Waals surface area contributed by atoms with Gasteiger partial charge in [-0.05, 0) is 103 Å². The van der Waals surface area contributed by atoms with E-state index < -0.39 is 107 Å². The molecule has 58 heavy (non-hydrogen) atoms. The fourth-order valence-electron chi connectivity index (χ4n) is 13.3. The number of ketones is 1. The molecule has 5 N–H and O–H groups in total. The number of hydrogen-bond acceptors (Lipinski definition) is 16. The maximum atomic E-state index is 14.8. The highest BCUT2D eigenvalue weighted by Gasteiger charge is 2.70. The molecule has 7 aliphatic rings. The van der Waals surface area contributed by atoms with Gasteiger partial charge in [-0.25, -0.2) is 0 Å². The zero-order valence-corrected chi connectivity index (χ0v) is 34.3. The summed E-state index contributed by atoms with van der Waals surface area (Å²) in [6, 6.07) is 0. The number of hydrogen-bond donors (Lipinski definition) is 5. The van der Waals surface area contributed by atoms with Crippen molar-refractivity contribution in [2.75, 3.05) is 0 Å². The molecule has 0 aromatic rings. The van der Waals surface area contributed by atoms with E-state index in [1.165, 1.54) is 0 Å². The van der Waals surface area contributed by atoms with Crippen LogP contribution in [0.5, 0.6) is 0 Å². The summed E-state index contributed by atoms with van der Waals surface area (Å²) < 4.78 is 23.1. The van der Waals surface area contributed by atoms with E-state index in [9.17, 15) is 60.0 Å². The summed E-state index contributed by atoms with van der Waals surface area (Å²) in [6.07, 6.45) is -13.4. The van der Waals surface area contributed by atoms with Gasteiger partial charge in [-0.3, -0.25) is 4.79 Å². The normalized spacial score (nSPS) is 52.6. The predicted octanol–water partition coefficient (Wildman–Crippen LogP) is -1.76. The summed E-state index contributed by atoms with van der Waals surface area (Å²) >= 11 is 0. The van der Waals surface area contributed by atoms with Crippen molar-refractivity contribution in [3.63, 3.8) is 0 Å². The second-order valence-electron chi connectivity index (χ2n) is 20.6. The molecule has 16 heteroatoms. The first kappa shape index (κ1) is 43.5. The van der Waals surface area contributed by atoms with E-state index in [0.717, 1.165) is 24.8 Å². The van der Waals surface area contributed by atoms with E-state index in [1.807, 2.05) is 19.9 Å². The van der Waals surface area contributed by atoms with Crippen LogP contribution in [-0.2, 0) is 38.1 Å². The van der Waals surface area contributed by atoms with E-state index >= 15 is 0 Å². The standard InChI is InChI=1S/C42H62O16/c1-37(2)21-8-11-42(7)31(20(43)16-18-19-17-39(4,36(53)54)13-12-38(19,3)14-15-41(18,42)6)40(21,5)10-9-22(37)55-35-30(26(47)25(46)29(57-35)33(51)52)58-34-27(48)23(44)24(45)28(56-34)32(49)50/h16,19,21-31,34-35,44-48H,8-15,17H2,1-7H3,(H,49,50)(H,51,52)(H,53,54)/p-3/t19?,21?,22?,23?,24-,25-,26?,27?,28?,29?,30?,31?,34+,35-,38?,39?,40?,41?,42?/m1/s1. The Hall–Kier alpha value is -2.54. The highest BCUT2D eigenvalue weighted by molar-refractivity contribution is 5.95. The summed E-state index contributed by atoms with van der Waals surface area (Å²) in [4.78, 5) is 50.9. The van der Waals surface area contributed by atoms with Crippen LogP contribution < -0.4 is 15.3 Å². The minimum absolute atomic E-state index is 0.0357. The molecule has 2 heterocycles. The molecule has 0 bridgehead atoms. The molecule has 0 spiro atoms. The molecule has 2 saturated heterocycles. The van der Waals surface area contributed by atoms with E-state index in [0.29, 0.717) is 38.5 Å². The van der Waals surface area contributed by atoms with Crippen molar-refractivity contribution >= 4 is 23.7 Å². The smallest absolute Gasteiger partial charge is 0.187 e. The maximum absolute atomic E-state index is 14.8. The average molecular weight is 820 g/mol. The number of fused-ring (bicyclic) bond motifs is 7. The molecule has 15 unspecified atom stereocenters. The maximum Gasteiger partial charge on any atom is 0.187 e. The molecular formula is C42H59O16-3. The number of ether oxygens (including phenoxy) is 4. The fraction of sp³-hybridized carbons (Fsp3) is 0.857. The lowest BCUT2D eigenvalue weighted by molar-refractivity contribution is -0.391. The summed E-state index contributed by atoms with van der Waals surface area (Å²) in [7, 11) is 0. The molecule has 19 atom stereocenters. The molecule has 0 aromatic heterocycles. The lowest BCUT2D eigenvalue weighted by atomic mass is 9.33. The van der Waals surface area contributed by atoms with Crippen molar-refractivity contribution in [1.82, 2.24) is 0 Å². The Morgan fingerprint density at radius 3 is 1.90 bits per heavy atom. The predicted molar refractivity (Wildman–Crippen MR) is 192 cm³/mol. The highest BCUT2D eigenvalue weighted by atomic mass is 16.8. The minimum atomic E-state index is -2.16. The van der Waals surface area contributed by atoms with Gasteiger partial charge >= 0.3 is 0 Å². The summed E-state index contributed by atoms with van der Waals surface area (Å²) in [5.74, 6) is -5.37. The van der Waals surface area contributed by atoms with E-state index in [4.69, 9.17) is 18.9 Å². The first-order valence-electron chi connectivity index (χ1n) is 20.7. The Labute approximate surface area is 337 Å². The zero-order chi connectivity index (χ0) is 42.9. The van der Waals surface area contributed by atoms with Gasteiger partial charge in [0.2, 0.25) is 0 Å². The summed E-state index contributed by atoms with van der Waals surface area (Å²) in [5, 5.41) is 89.2. The number of aliphatic carboxylic acids is 3. The molecule has 4 saturated carbocycles. The fourth-order valence-corrected chi connectivity index (χ4v) is 13.3. The number of carboxylic acids is 3. The quantitative estimate of drug-likeness (QED) is 0.178. The third kappa shape index (κ3) is 6.25. The van der Waals surface area contributed by atoms with Crippen LogP contribution in [-0.4, -0.2) is 117 Å². The van der Waals surface area contributed by atoms with Crippen LogP contribution in [0.2, 0.25) is 0 Å². The molecule has 5 aliphatic carbocycles. The summed E-state index contributed by atoms with van der Waals surface area (Å²) in [5.41, 5.74) is -2.11. The van der Waals surface area contributed by atoms with E-state index in [1.54, 1.807) is 6.92 Å². The van der Waals surface area contributed by atoms with Crippen LogP contribution in [0.25, 0.3) is 0 Å². The van der Waals surface area contributed by atoms with Crippen molar-refractivity contribution in [2.45, 2.75) is 174 Å². The second kappa shape index (κ2) is 14.3. The Morgan fingerprint density at radius 2 is 1.29 bits per heavy atom. The van der Waals surface area contributed by atoms with Gasteiger partial charge in [-0.1, -0.05) is 54.0 Å². The number of carbonyl (C=O) groups excluding carboxylic acids is 4. The van der Waals surface area contributed by atoms with Crippen LogP contribution >= 0.6 is 0 Å². The lowest BCUT2D eigenvalue weighted by Crippen LogP contribution is -2.68. The van der Waals surface area contributed by atoms with Crippen molar-refractivity contribution in [3.8, 4) is 0 Å². The van der Waals surface area contributed by atoms with Gasteiger partial charge in [0, 0.05) is 17.3 Å². The largest absolute Gasteiger partial charge is 0.550 e. The van der Waals surface area contributed by atoms with Crippen LogP contribution in [0.4, 0.5) is 0 Å². The van der Waals surface area contributed by atoms with Gasteiger partial charge in [0.05, 0.1) is 18.0 Å². The van der Waals surface area contributed by atoms with E-state index in [-0.39, 0.29) is 34.4 Å². The number of aliphatic hydroxyl groups excluding tert-OH is 5. The first-order chi connectivity index (χ1) is 26.8. The van der Waals surface area contributed by atoms with Gasteiger partial charge < -0.3 is 74.2 Å². The van der Waals surface area contributed by atoms with Crippen molar-refractivity contribution in [2.24, 2.45) is 50.2 Å². The first-order valence-corrected chi connectivity index (χ1v) is 20.7. The van der Waals surface area contributed by atoms with Crippen LogP contribution in [0.1, 0.15) is 106 Å². The zero-order valence-electron chi connectivity index (χ0n) is 34.3. The van der Waals surface area contributed by atoms with Gasteiger partial charge in [-0.2, -0.15) is 0 Å². The van der Waals surface area contributed by atoms with Crippen LogP contribution in [0, 0.1) is 50.2 Å². The Bertz CT molecular complexity index is 1730. The third-order valence-corrected chi connectivity index (χ3v) is 17.2. The number of carboxylic acid groups (broad SMARTS) is 3. The molecule has 0 aromatic carbocycles. The van der Waals surface area contributed by atoms with Crippen molar-refractivity contribution < 1.29 is 79.0 Å². The minimum Gasteiger partial charge on any atom is -0.550 e. The van der Waals surface area contributed by atoms with Gasteiger partial charge in [-0.15, -0.1) is 0 Å². The SMILES string of the molecule is CC1(C(=O)[O-])CCC2(C)CCC3(C)C(=CC(=O)C4C5(C)CCC(O[C@@H]6OC(C(=O)[O-])[C@H](O)C(O)C6O[C@@H]6OC(C(=O)[O-])[C@H](O)C(O)C6O)C(C)(C)C5CCC43C)C2C1. The van der Waals surface area contributed by atoms with Gasteiger partial charge in [0.25, 0.3) is 0 Å². The molecular weight excluding hydrogens is 760 g/mol. The number of rotatable bonds is 7. The molecule has 7 rings (SSSR count). The number of aliphatic hydroxyl groups is 5. The monoisotopic (exact) mass is 819 g/mol. The topological polar surface area (TPSA) is 276 Å². The van der Waals surface area contributed by atoms with Crippen LogP contribution in [0.15, 0.2) is 11.6 Å². The third-order valence-electron chi connectivity index (χ3n) is 17.2. The number of allylic oxidation sites excluding steroid dienone is 2. The summed E-state index contributed by atoms with van der Waals surface area (Å²) in [6.45, 7) is 14.6. The molecule has 0 radical (unpaired) electrons. The highest BCUT2D eigenvalue weighted by Crippen LogP contribution is 2.75. The lowest BCUT2D eigenvalue weighted by Gasteiger charge is -2.70. The molecule has 0 amide bonds. The van der Waals surface area contributed by atoms with Gasteiger partial charge in [0.1, 0.15) is 48.8 Å². The Morgan fingerprint density at radius 1 is 0.707 bits per heavy atom.